The van der Waals surface area contributed by atoms with Gasteiger partial charge in [0.2, 0.25) is 0 Å². The van der Waals surface area contributed by atoms with Gasteiger partial charge in [0, 0.05) is 6.04 Å². The summed E-state index contributed by atoms with van der Waals surface area (Å²) in [5, 5.41) is 0. The Kier molecular flexibility index (Phi) is 1.90. The predicted octanol–water partition coefficient (Wildman–Crippen LogP) is 0.675. The molecule has 64 valence electrons. The molecule has 11 heavy (non-hydrogen) atoms. The third-order valence-corrected chi connectivity index (χ3v) is 3.34. The fourth-order valence-corrected chi connectivity index (χ4v) is 2.77. The van der Waals surface area contributed by atoms with Crippen LogP contribution in [0.1, 0.15) is 19.3 Å². The van der Waals surface area contributed by atoms with Crippen LogP contribution in [0.5, 0.6) is 0 Å². The average molecular weight is 154 g/mol. The Labute approximate surface area is 68.7 Å². The van der Waals surface area contributed by atoms with E-state index in [1.165, 1.54) is 25.8 Å². The van der Waals surface area contributed by atoms with Crippen LogP contribution in [0, 0.1) is 11.8 Å². The summed E-state index contributed by atoms with van der Waals surface area (Å²) in [4.78, 5) is 2.52. The molecule has 2 nitrogen and oxygen atoms in total. The first-order valence-electron chi connectivity index (χ1n) is 4.75. The quantitative estimate of drug-likeness (QED) is 0.633. The maximum absolute atomic E-state index is 5.55. The lowest BCUT2D eigenvalue weighted by Gasteiger charge is -2.20. The zero-order valence-electron chi connectivity index (χ0n) is 7.29. The van der Waals surface area contributed by atoms with E-state index in [1.54, 1.807) is 0 Å². The zero-order valence-corrected chi connectivity index (χ0v) is 7.29. The molecule has 2 aliphatic rings. The second-order valence-electron chi connectivity index (χ2n) is 4.02. The van der Waals surface area contributed by atoms with E-state index in [4.69, 9.17) is 5.73 Å². The molecule has 2 rings (SSSR count). The van der Waals surface area contributed by atoms with Crippen LogP contribution in [0.2, 0.25) is 0 Å². The Morgan fingerprint density at radius 2 is 2.36 bits per heavy atom. The topological polar surface area (TPSA) is 29.3 Å². The van der Waals surface area contributed by atoms with Gasteiger partial charge in [-0.25, -0.2) is 0 Å². The number of fused-ring (bicyclic) bond motifs is 1. The van der Waals surface area contributed by atoms with Gasteiger partial charge in [0.05, 0.1) is 0 Å². The summed E-state index contributed by atoms with van der Waals surface area (Å²) in [6.45, 7) is 2.19. The molecule has 1 aliphatic heterocycles. The summed E-state index contributed by atoms with van der Waals surface area (Å²) in [7, 11) is 2.26. The van der Waals surface area contributed by atoms with E-state index in [0.29, 0.717) is 0 Å². The summed E-state index contributed by atoms with van der Waals surface area (Å²) < 4.78 is 0. The molecule has 2 N–H and O–H groups in total. The number of hydrogen-bond acceptors (Lipinski definition) is 2. The maximum atomic E-state index is 5.55. The number of piperidine rings is 1. The van der Waals surface area contributed by atoms with Gasteiger partial charge in [-0.05, 0) is 51.2 Å². The van der Waals surface area contributed by atoms with Crippen LogP contribution in [-0.2, 0) is 0 Å². The van der Waals surface area contributed by atoms with Crippen LogP contribution in [-0.4, -0.2) is 31.1 Å². The highest BCUT2D eigenvalue weighted by Gasteiger charge is 2.52. The lowest BCUT2D eigenvalue weighted by atomic mass is 10.1. The van der Waals surface area contributed by atoms with Crippen LogP contribution in [0.25, 0.3) is 0 Å². The molecular weight excluding hydrogens is 136 g/mol. The molecule has 0 bridgehead atoms. The summed E-state index contributed by atoms with van der Waals surface area (Å²) >= 11 is 0. The highest BCUT2D eigenvalue weighted by atomic mass is 15.2. The van der Waals surface area contributed by atoms with E-state index in [-0.39, 0.29) is 0 Å². The molecule has 0 aromatic carbocycles. The SMILES string of the molecule is CN1CCC[C@@H]2C(CCN)[C@@H]21. The first-order chi connectivity index (χ1) is 5.34. The number of nitrogens with two attached hydrogens (primary N) is 1. The van der Waals surface area contributed by atoms with Crippen molar-refractivity contribution < 1.29 is 0 Å². The highest BCUT2D eigenvalue weighted by molar-refractivity contribution is 5.05. The maximum Gasteiger partial charge on any atom is 0.0156 e. The number of rotatable bonds is 2. The third kappa shape index (κ3) is 1.18. The molecule has 1 saturated heterocycles. The molecule has 1 saturated carbocycles. The van der Waals surface area contributed by atoms with Crippen molar-refractivity contribution in [3.63, 3.8) is 0 Å². The molecule has 2 heteroatoms. The van der Waals surface area contributed by atoms with E-state index in [1.807, 2.05) is 0 Å². The van der Waals surface area contributed by atoms with Crippen LogP contribution in [0.15, 0.2) is 0 Å². The van der Waals surface area contributed by atoms with Crippen molar-refractivity contribution in [2.45, 2.75) is 25.3 Å². The zero-order chi connectivity index (χ0) is 7.84. The summed E-state index contributed by atoms with van der Waals surface area (Å²) in [6.07, 6.45) is 4.11. The van der Waals surface area contributed by atoms with Crippen molar-refractivity contribution in [1.29, 1.82) is 0 Å². The third-order valence-electron chi connectivity index (χ3n) is 3.34. The van der Waals surface area contributed by atoms with Gasteiger partial charge in [0.25, 0.3) is 0 Å². The second kappa shape index (κ2) is 2.76. The Morgan fingerprint density at radius 3 is 3.00 bits per heavy atom. The summed E-state index contributed by atoms with van der Waals surface area (Å²) in [6, 6.07) is 0.910. The van der Waals surface area contributed by atoms with Gasteiger partial charge in [0.1, 0.15) is 0 Å². The fraction of sp³-hybridized carbons (Fsp3) is 1.00. The van der Waals surface area contributed by atoms with Crippen LogP contribution in [0.4, 0.5) is 0 Å². The molecule has 3 atom stereocenters. The van der Waals surface area contributed by atoms with Gasteiger partial charge in [-0.1, -0.05) is 0 Å². The molecule has 1 unspecified atom stereocenters. The smallest absolute Gasteiger partial charge is 0.0156 e. The van der Waals surface area contributed by atoms with Crippen molar-refractivity contribution in [2.75, 3.05) is 20.1 Å². The van der Waals surface area contributed by atoms with Crippen molar-refractivity contribution in [1.82, 2.24) is 4.90 Å². The van der Waals surface area contributed by atoms with Crippen LogP contribution in [0.3, 0.4) is 0 Å². The average Bonchev–Trinajstić information content (AvgIpc) is 2.66. The molecule has 0 spiro atoms. The van der Waals surface area contributed by atoms with Crippen molar-refractivity contribution in [3.8, 4) is 0 Å². The first kappa shape index (κ1) is 7.56. The minimum Gasteiger partial charge on any atom is -0.330 e. The Hall–Kier alpha value is -0.0800. The molecule has 1 aliphatic carbocycles. The molecule has 2 fully saturated rings. The van der Waals surface area contributed by atoms with Gasteiger partial charge in [-0.3, -0.25) is 0 Å². The van der Waals surface area contributed by atoms with E-state index in [2.05, 4.69) is 11.9 Å². The van der Waals surface area contributed by atoms with Gasteiger partial charge >= 0.3 is 0 Å². The monoisotopic (exact) mass is 154 g/mol. The van der Waals surface area contributed by atoms with Gasteiger partial charge in [-0.2, -0.15) is 0 Å². The normalized spacial score (nSPS) is 43.6. The molecule has 0 amide bonds. The molecule has 0 aromatic rings. The number of likely N-dealkylation sites (tertiary alicyclic amines) is 1. The van der Waals surface area contributed by atoms with Gasteiger partial charge in [0.15, 0.2) is 0 Å². The van der Waals surface area contributed by atoms with Crippen molar-refractivity contribution in [3.05, 3.63) is 0 Å². The fourth-order valence-electron chi connectivity index (χ4n) is 2.77. The minimum absolute atomic E-state index is 0.880. The number of nitrogens with zero attached hydrogens (tertiary/aromatic N) is 1. The highest BCUT2D eigenvalue weighted by Crippen LogP contribution is 2.50. The van der Waals surface area contributed by atoms with Crippen molar-refractivity contribution in [2.24, 2.45) is 17.6 Å². The molecular formula is C9H18N2. The predicted molar refractivity (Wildman–Crippen MR) is 46.3 cm³/mol. The van der Waals surface area contributed by atoms with Gasteiger partial charge in [-0.15, -0.1) is 0 Å². The van der Waals surface area contributed by atoms with Crippen LogP contribution < -0.4 is 5.73 Å². The van der Waals surface area contributed by atoms with E-state index >= 15 is 0 Å². The Bertz CT molecular complexity index is 146. The first-order valence-corrected chi connectivity index (χ1v) is 4.75. The van der Waals surface area contributed by atoms with E-state index in [0.717, 1.165) is 24.4 Å². The van der Waals surface area contributed by atoms with Crippen LogP contribution >= 0.6 is 0 Å². The van der Waals surface area contributed by atoms with Crippen molar-refractivity contribution >= 4 is 0 Å². The summed E-state index contributed by atoms with van der Waals surface area (Å²) in [5.41, 5.74) is 5.55. The largest absolute Gasteiger partial charge is 0.330 e. The van der Waals surface area contributed by atoms with E-state index < -0.39 is 0 Å². The van der Waals surface area contributed by atoms with Gasteiger partial charge < -0.3 is 10.6 Å². The van der Waals surface area contributed by atoms with E-state index in [9.17, 15) is 0 Å². The minimum atomic E-state index is 0.880. The number of hydrogen-bond donors (Lipinski definition) is 1. The lowest BCUT2D eigenvalue weighted by Crippen LogP contribution is -2.27. The lowest BCUT2D eigenvalue weighted by molar-refractivity contribution is 0.259. The Balaban J connectivity index is 1.89. The molecule has 0 radical (unpaired) electrons. The standard InChI is InChI=1S/C9H18N2/c1-11-6-2-3-7-8(4-5-10)9(7)11/h7-9H,2-6,10H2,1H3/t7-,8?,9-/m1/s1. The second-order valence-corrected chi connectivity index (χ2v) is 4.02. The molecule has 0 aromatic heterocycles. The Morgan fingerprint density at radius 1 is 1.55 bits per heavy atom. The molecule has 1 heterocycles. The summed E-state index contributed by atoms with van der Waals surface area (Å²) in [5.74, 6) is 1.96.